The smallest absolute Gasteiger partial charge is 0.255 e. The Balaban J connectivity index is 1.82. The number of aliphatic hydroxyl groups is 3. The second-order valence-corrected chi connectivity index (χ2v) is 12.2. The first-order chi connectivity index (χ1) is 18.4. The Morgan fingerprint density at radius 2 is 1.82 bits per heavy atom. The van der Waals surface area contributed by atoms with Crippen LogP contribution in [0.5, 0.6) is 5.75 Å². The average Bonchev–Trinajstić information content (AvgIpc) is 2.81. The molecule has 0 saturated heterocycles. The van der Waals surface area contributed by atoms with E-state index in [1.54, 1.807) is 0 Å². The number of primary amides is 1. The van der Waals surface area contributed by atoms with Crippen molar-refractivity contribution < 1.29 is 39.2 Å². The number of hydrogen-bond donors (Lipinski definition) is 6. The summed E-state index contributed by atoms with van der Waals surface area (Å²) in [5.41, 5.74) is 0.418. The molecule has 218 valence electrons. The van der Waals surface area contributed by atoms with Crippen LogP contribution >= 0.6 is 0 Å². The predicted molar refractivity (Wildman–Crippen MR) is 142 cm³/mol. The lowest BCUT2D eigenvalue weighted by Gasteiger charge is -2.50. The molecule has 0 unspecified atom stereocenters. The number of carbonyl (C=O) groups is 3. The van der Waals surface area contributed by atoms with Crippen LogP contribution in [-0.4, -0.2) is 106 Å². The zero-order valence-corrected chi connectivity index (χ0v) is 23.4. The first-order valence-electron chi connectivity index (χ1n) is 12.9. The maximum absolute atomic E-state index is 15.3. The highest BCUT2D eigenvalue weighted by molar-refractivity contribution is 6.24. The highest BCUT2D eigenvalue weighted by Gasteiger charge is 2.63. The molecule has 0 bridgehead atoms. The number of ketones is 2. The largest absolute Gasteiger partial charge is 0.510 e. The number of fused-ring (bicyclic) bond motifs is 3. The van der Waals surface area contributed by atoms with Crippen LogP contribution in [0.3, 0.4) is 0 Å². The Morgan fingerprint density at radius 3 is 2.38 bits per heavy atom. The average molecular weight is 562 g/mol. The molecule has 1 heterocycles. The molecule has 0 aliphatic heterocycles. The molecule has 0 aromatic carbocycles. The topological polar surface area (TPSA) is 190 Å². The number of likely N-dealkylation sites (N-methyl/N-ethyl adjacent to an activating group) is 1. The summed E-state index contributed by atoms with van der Waals surface area (Å²) in [7, 11) is 6.86. The molecule has 0 saturated carbocycles. The van der Waals surface area contributed by atoms with Gasteiger partial charge in [-0.1, -0.05) is 13.8 Å². The molecule has 0 radical (unpaired) electrons. The molecule has 1 aromatic rings. The van der Waals surface area contributed by atoms with Crippen LogP contribution in [0.1, 0.15) is 36.2 Å². The third-order valence-electron chi connectivity index (χ3n) is 8.02. The number of rotatable bonds is 7. The van der Waals surface area contributed by atoms with Gasteiger partial charge in [0.1, 0.15) is 17.1 Å². The lowest BCUT2D eigenvalue weighted by Crippen LogP contribution is -2.63. The Morgan fingerprint density at radius 1 is 1.20 bits per heavy atom. The van der Waals surface area contributed by atoms with Crippen molar-refractivity contribution in [1.29, 1.82) is 0 Å². The molecule has 4 atom stereocenters. The van der Waals surface area contributed by atoms with Crippen molar-refractivity contribution >= 4 is 23.3 Å². The van der Waals surface area contributed by atoms with Gasteiger partial charge >= 0.3 is 0 Å². The van der Waals surface area contributed by atoms with Crippen LogP contribution in [-0.2, 0) is 16.0 Å². The Hall–Kier alpha value is -3.55. The molecule has 3 aliphatic rings. The maximum atomic E-state index is 15.3. The van der Waals surface area contributed by atoms with E-state index in [1.165, 1.54) is 19.0 Å². The quantitative estimate of drug-likeness (QED) is 0.203. The number of aromatic nitrogens is 1. The molecule has 40 heavy (non-hydrogen) atoms. The van der Waals surface area contributed by atoms with Gasteiger partial charge in [0.2, 0.25) is 11.7 Å². The highest BCUT2D eigenvalue weighted by Crippen LogP contribution is 2.52. The first kappa shape index (κ1) is 29.4. The summed E-state index contributed by atoms with van der Waals surface area (Å²) in [6.07, 6.45) is -0.308. The number of nitrogens with one attached hydrogen (secondary N) is 1. The number of aromatic hydroxyl groups is 1. The van der Waals surface area contributed by atoms with Gasteiger partial charge in [0, 0.05) is 30.1 Å². The minimum absolute atomic E-state index is 0.134. The normalized spacial score (nSPS) is 26.7. The van der Waals surface area contributed by atoms with Crippen LogP contribution in [0, 0.1) is 23.2 Å². The molecular weight excluding hydrogens is 525 g/mol. The molecule has 13 heteroatoms. The molecule has 1 aromatic heterocycles. The number of nitrogens with zero attached hydrogens (tertiary/aromatic N) is 3. The number of anilines is 1. The zero-order chi connectivity index (χ0) is 30.1. The molecule has 1 amide bonds. The number of nitrogens with two attached hydrogens (primary N) is 1. The highest BCUT2D eigenvalue weighted by atomic mass is 19.1. The first-order valence-corrected chi connectivity index (χ1v) is 12.9. The van der Waals surface area contributed by atoms with Gasteiger partial charge in [0.15, 0.2) is 23.0 Å². The summed E-state index contributed by atoms with van der Waals surface area (Å²) in [6.45, 7) is 4.85. The SMILES string of the molecule is CN(C)CC(C)(C)CNc1nc(F)c2c(c1O)C(=O)C1=C(O)[C@]3(O)C(=O)C(C(N)=O)=C(O)[C@@H](N(C)C)[C@@H]3C[C@@H]1C2. The van der Waals surface area contributed by atoms with Crippen molar-refractivity contribution in [3.8, 4) is 5.75 Å². The van der Waals surface area contributed by atoms with Crippen molar-refractivity contribution in [3.63, 3.8) is 0 Å². The molecule has 7 N–H and O–H groups in total. The summed E-state index contributed by atoms with van der Waals surface area (Å²) >= 11 is 0. The van der Waals surface area contributed by atoms with Crippen molar-refractivity contribution in [2.75, 3.05) is 46.6 Å². The summed E-state index contributed by atoms with van der Waals surface area (Å²) in [5.74, 6) is -9.21. The minimum Gasteiger partial charge on any atom is -0.510 e. The number of hydrogen-bond acceptors (Lipinski definition) is 11. The number of amides is 1. The summed E-state index contributed by atoms with van der Waals surface area (Å²) in [6, 6.07) is -1.13. The third kappa shape index (κ3) is 4.41. The van der Waals surface area contributed by atoms with Gasteiger partial charge in [-0.3, -0.25) is 19.3 Å². The van der Waals surface area contributed by atoms with Gasteiger partial charge in [0.25, 0.3) is 5.91 Å². The fourth-order valence-corrected chi connectivity index (χ4v) is 6.52. The number of Topliss-reactive ketones (excluding diaryl/α,β-unsaturated/α-hetero) is 2. The van der Waals surface area contributed by atoms with E-state index in [9.17, 15) is 34.8 Å². The maximum Gasteiger partial charge on any atom is 0.255 e. The summed E-state index contributed by atoms with van der Waals surface area (Å²) < 4.78 is 15.3. The van der Waals surface area contributed by atoms with Gasteiger partial charge in [-0.15, -0.1) is 0 Å². The molecule has 4 rings (SSSR count). The number of allylic oxidation sites excluding steroid dienone is 1. The van der Waals surface area contributed by atoms with Crippen molar-refractivity contribution in [3.05, 3.63) is 39.7 Å². The standard InChI is InChI=1S/C27H36FN5O7/c1-26(2,10-32(3)4)9-30-25-20(36)15-12(23(28)31-25)7-11-8-13-17(33(5)6)19(35)16(24(29)39)22(38)27(13,40)21(37)14(11)18(15)34/h11,13,17,35-37,40H,7-10H2,1-6H3,(H2,29,39)(H,30,31)/t11-,13-,17-,27-/m0/s1. The van der Waals surface area contributed by atoms with Crippen molar-refractivity contribution in [2.24, 2.45) is 23.0 Å². The van der Waals surface area contributed by atoms with E-state index in [0.29, 0.717) is 6.54 Å². The van der Waals surface area contributed by atoms with Gasteiger partial charge < -0.3 is 36.4 Å². The molecule has 0 spiro atoms. The predicted octanol–water partition coefficient (Wildman–Crippen LogP) is 0.654. The molecule has 12 nitrogen and oxygen atoms in total. The van der Waals surface area contributed by atoms with E-state index in [2.05, 4.69) is 10.3 Å². The minimum atomic E-state index is -2.76. The number of halogens is 1. The van der Waals surface area contributed by atoms with Crippen LogP contribution in [0.15, 0.2) is 22.7 Å². The van der Waals surface area contributed by atoms with E-state index >= 15 is 4.39 Å². The van der Waals surface area contributed by atoms with Gasteiger partial charge in [-0.05, 0) is 52.4 Å². The van der Waals surface area contributed by atoms with E-state index in [-0.39, 0.29) is 41.8 Å². The Labute approximate surface area is 231 Å². The monoisotopic (exact) mass is 561 g/mol. The lowest BCUT2D eigenvalue weighted by atomic mass is 9.58. The number of aliphatic hydroxyl groups excluding tert-OH is 2. The van der Waals surface area contributed by atoms with Gasteiger partial charge in [-0.2, -0.15) is 9.37 Å². The van der Waals surface area contributed by atoms with Crippen LogP contribution in [0.4, 0.5) is 10.2 Å². The molecule has 3 aliphatic carbocycles. The van der Waals surface area contributed by atoms with Gasteiger partial charge in [-0.25, -0.2) is 0 Å². The second-order valence-electron chi connectivity index (χ2n) is 12.2. The van der Waals surface area contributed by atoms with Crippen molar-refractivity contribution in [2.45, 2.75) is 38.3 Å². The number of carbonyl (C=O) groups excluding carboxylic acids is 3. The lowest BCUT2D eigenvalue weighted by molar-refractivity contribution is -0.148. The van der Waals surface area contributed by atoms with Crippen LogP contribution < -0.4 is 11.1 Å². The van der Waals surface area contributed by atoms with Gasteiger partial charge in [0.05, 0.1) is 11.6 Å². The van der Waals surface area contributed by atoms with E-state index < -0.39 is 75.3 Å². The van der Waals surface area contributed by atoms with Crippen LogP contribution in [0.25, 0.3) is 0 Å². The fraction of sp³-hybridized carbons (Fsp3) is 0.556. The van der Waals surface area contributed by atoms with E-state index in [4.69, 9.17) is 5.73 Å². The third-order valence-corrected chi connectivity index (χ3v) is 8.02. The Bertz CT molecular complexity index is 1370. The van der Waals surface area contributed by atoms with E-state index in [1.807, 2.05) is 32.8 Å². The second kappa shape index (κ2) is 9.82. The summed E-state index contributed by atoms with van der Waals surface area (Å²) in [4.78, 5) is 46.5. The Kier molecular flexibility index (Phi) is 7.23. The zero-order valence-electron chi connectivity index (χ0n) is 23.4. The molecular formula is C27H36FN5O7. The fourth-order valence-electron chi connectivity index (χ4n) is 6.52. The van der Waals surface area contributed by atoms with Crippen molar-refractivity contribution in [1.82, 2.24) is 14.8 Å². The van der Waals surface area contributed by atoms with Crippen LogP contribution in [0.2, 0.25) is 0 Å². The summed E-state index contributed by atoms with van der Waals surface area (Å²) in [5, 5.41) is 47.7. The number of pyridine rings is 1. The molecule has 0 fully saturated rings. The van der Waals surface area contributed by atoms with E-state index in [0.717, 1.165) is 0 Å².